The minimum Gasteiger partial charge on any atom is -0.342 e. The van der Waals surface area contributed by atoms with E-state index in [0.717, 1.165) is 50.6 Å². The number of thiazole rings is 1. The van der Waals surface area contributed by atoms with E-state index in [1.165, 1.54) is 41.7 Å². The minimum atomic E-state index is 0.232. The number of benzene rings is 1. The number of piperidine rings is 1. The van der Waals surface area contributed by atoms with Gasteiger partial charge >= 0.3 is 0 Å². The van der Waals surface area contributed by atoms with Gasteiger partial charge < -0.3 is 4.90 Å². The van der Waals surface area contributed by atoms with E-state index >= 15 is 0 Å². The number of amides is 1. The van der Waals surface area contributed by atoms with Crippen LogP contribution in [0.15, 0.2) is 30.5 Å². The Labute approximate surface area is 185 Å². The molecule has 3 heterocycles. The van der Waals surface area contributed by atoms with Crippen molar-refractivity contribution in [1.82, 2.24) is 14.8 Å². The maximum absolute atomic E-state index is 12.9. The molecule has 1 aromatic heterocycles. The number of hydrogen-bond acceptors (Lipinski definition) is 4. The molecule has 0 bridgehead atoms. The third-order valence-corrected chi connectivity index (χ3v) is 7.64. The zero-order chi connectivity index (χ0) is 20.9. The molecule has 0 radical (unpaired) electrons. The first kappa shape index (κ1) is 21.5. The van der Waals surface area contributed by atoms with Crippen LogP contribution in [0.25, 0.3) is 10.6 Å². The summed E-state index contributed by atoms with van der Waals surface area (Å²) >= 11 is 1.80. The third-order valence-electron chi connectivity index (χ3n) is 6.61. The van der Waals surface area contributed by atoms with Crippen LogP contribution in [0.4, 0.5) is 0 Å². The summed E-state index contributed by atoms with van der Waals surface area (Å²) < 4.78 is 0. The summed E-state index contributed by atoms with van der Waals surface area (Å²) in [6, 6.07) is 8.82. The molecule has 162 valence electrons. The maximum atomic E-state index is 12.9. The summed E-state index contributed by atoms with van der Waals surface area (Å²) in [7, 11) is 0. The minimum absolute atomic E-state index is 0.232. The van der Waals surface area contributed by atoms with Crippen molar-refractivity contribution >= 4 is 17.2 Å². The van der Waals surface area contributed by atoms with Crippen molar-refractivity contribution in [2.45, 2.75) is 64.8 Å². The summed E-state index contributed by atoms with van der Waals surface area (Å²) in [5.41, 5.74) is 2.57. The average Bonchev–Trinajstić information content (AvgIpc) is 3.06. The molecule has 30 heavy (non-hydrogen) atoms. The summed E-state index contributed by atoms with van der Waals surface area (Å²) in [6.45, 7) is 9.37. The second kappa shape index (κ2) is 10.1. The number of rotatable bonds is 5. The van der Waals surface area contributed by atoms with Gasteiger partial charge in [0.1, 0.15) is 5.01 Å². The van der Waals surface area contributed by atoms with Crippen LogP contribution in [-0.4, -0.2) is 46.9 Å². The fraction of sp³-hybridized carbons (Fsp3) is 0.600. The highest BCUT2D eigenvalue weighted by molar-refractivity contribution is 7.15. The van der Waals surface area contributed by atoms with Crippen LogP contribution >= 0.6 is 11.3 Å². The standard InChI is InChI=1S/C25H35N3OS/c1-19(2)20-7-9-21(10-8-20)24-26-17-23(30-24)18-27-15-11-22(12-16-27)25(29)28-13-5-3-4-6-14-28/h7-10,17,19,22H,3-6,11-16,18H2,1-2H3. The van der Waals surface area contributed by atoms with Gasteiger partial charge in [-0.05, 0) is 50.3 Å². The predicted octanol–water partition coefficient (Wildman–Crippen LogP) is 5.55. The molecule has 2 aliphatic heterocycles. The van der Waals surface area contributed by atoms with Crippen molar-refractivity contribution < 1.29 is 4.79 Å². The Balaban J connectivity index is 1.28. The van der Waals surface area contributed by atoms with Crippen LogP contribution in [-0.2, 0) is 11.3 Å². The lowest BCUT2D eigenvalue weighted by Crippen LogP contribution is -2.42. The molecule has 2 saturated heterocycles. The highest BCUT2D eigenvalue weighted by Crippen LogP contribution is 2.29. The van der Waals surface area contributed by atoms with Crippen molar-refractivity contribution in [3.63, 3.8) is 0 Å². The molecular weight excluding hydrogens is 390 g/mol. The Morgan fingerprint density at radius 3 is 2.33 bits per heavy atom. The molecule has 0 atom stereocenters. The van der Waals surface area contributed by atoms with Crippen molar-refractivity contribution in [3.05, 3.63) is 40.9 Å². The van der Waals surface area contributed by atoms with Crippen LogP contribution in [0, 0.1) is 5.92 Å². The topological polar surface area (TPSA) is 36.4 Å². The van der Waals surface area contributed by atoms with Crippen molar-refractivity contribution in [2.75, 3.05) is 26.2 Å². The van der Waals surface area contributed by atoms with Gasteiger partial charge in [0.15, 0.2) is 0 Å². The quantitative estimate of drug-likeness (QED) is 0.630. The number of aromatic nitrogens is 1. The molecule has 0 aliphatic carbocycles. The Kier molecular flexibility index (Phi) is 7.21. The van der Waals surface area contributed by atoms with Gasteiger partial charge in [0.2, 0.25) is 5.91 Å². The average molecular weight is 426 g/mol. The molecule has 0 saturated carbocycles. The molecule has 2 fully saturated rings. The molecule has 4 nitrogen and oxygen atoms in total. The van der Waals surface area contributed by atoms with E-state index < -0.39 is 0 Å². The van der Waals surface area contributed by atoms with Gasteiger partial charge in [0.05, 0.1) is 0 Å². The lowest BCUT2D eigenvalue weighted by Gasteiger charge is -2.33. The largest absolute Gasteiger partial charge is 0.342 e. The van der Waals surface area contributed by atoms with Gasteiger partial charge in [-0.1, -0.05) is 51.0 Å². The van der Waals surface area contributed by atoms with Crippen molar-refractivity contribution in [2.24, 2.45) is 5.92 Å². The summed E-state index contributed by atoms with van der Waals surface area (Å²) in [5, 5.41) is 1.10. The van der Waals surface area contributed by atoms with Crippen LogP contribution in [0.2, 0.25) is 0 Å². The highest BCUT2D eigenvalue weighted by atomic mass is 32.1. The van der Waals surface area contributed by atoms with E-state index in [-0.39, 0.29) is 5.92 Å². The summed E-state index contributed by atoms with van der Waals surface area (Å²) in [5.74, 6) is 1.21. The SMILES string of the molecule is CC(C)c1ccc(-c2ncc(CN3CCC(C(=O)N4CCCCCC4)CC3)s2)cc1. The van der Waals surface area contributed by atoms with Gasteiger partial charge in [-0.25, -0.2) is 4.98 Å². The van der Waals surface area contributed by atoms with Gasteiger partial charge in [0, 0.05) is 42.2 Å². The lowest BCUT2D eigenvalue weighted by atomic mass is 9.95. The molecule has 0 spiro atoms. The first-order valence-corrected chi connectivity index (χ1v) is 12.5. The van der Waals surface area contributed by atoms with Crippen LogP contribution < -0.4 is 0 Å². The van der Waals surface area contributed by atoms with Crippen molar-refractivity contribution in [3.8, 4) is 10.6 Å². The van der Waals surface area contributed by atoms with Gasteiger partial charge in [-0.15, -0.1) is 11.3 Å². The number of nitrogens with zero attached hydrogens (tertiary/aromatic N) is 3. The van der Waals surface area contributed by atoms with E-state index in [4.69, 9.17) is 0 Å². The molecule has 4 rings (SSSR count). The highest BCUT2D eigenvalue weighted by Gasteiger charge is 2.29. The summed E-state index contributed by atoms with van der Waals surface area (Å²) in [6.07, 6.45) is 8.94. The molecule has 0 unspecified atom stereocenters. The normalized spacial score (nSPS) is 19.2. The molecule has 5 heteroatoms. The van der Waals surface area contributed by atoms with Crippen LogP contribution in [0.1, 0.15) is 68.7 Å². The molecular formula is C25H35N3OS. The fourth-order valence-electron chi connectivity index (χ4n) is 4.63. The smallest absolute Gasteiger partial charge is 0.225 e. The molecule has 1 amide bonds. The van der Waals surface area contributed by atoms with Crippen LogP contribution in [0.3, 0.4) is 0 Å². The zero-order valence-corrected chi connectivity index (χ0v) is 19.3. The third kappa shape index (κ3) is 5.30. The number of carbonyl (C=O) groups is 1. The van der Waals surface area contributed by atoms with Crippen LogP contribution in [0.5, 0.6) is 0 Å². The van der Waals surface area contributed by atoms with Gasteiger partial charge in [0.25, 0.3) is 0 Å². The predicted molar refractivity (Wildman–Crippen MR) is 125 cm³/mol. The van der Waals surface area contributed by atoms with E-state index in [1.807, 2.05) is 6.20 Å². The Morgan fingerprint density at radius 1 is 1.03 bits per heavy atom. The molecule has 0 N–H and O–H groups in total. The zero-order valence-electron chi connectivity index (χ0n) is 18.5. The van der Waals surface area contributed by atoms with Gasteiger partial charge in [-0.2, -0.15) is 0 Å². The monoisotopic (exact) mass is 425 g/mol. The fourth-order valence-corrected chi connectivity index (χ4v) is 5.59. The first-order chi connectivity index (χ1) is 14.6. The number of hydrogen-bond donors (Lipinski definition) is 0. The number of likely N-dealkylation sites (tertiary alicyclic amines) is 2. The Hall–Kier alpha value is -1.72. The van der Waals surface area contributed by atoms with Crippen molar-refractivity contribution in [1.29, 1.82) is 0 Å². The second-order valence-electron chi connectivity index (χ2n) is 9.20. The molecule has 2 aromatic rings. The van der Waals surface area contributed by atoms with Gasteiger partial charge in [-0.3, -0.25) is 9.69 Å². The maximum Gasteiger partial charge on any atom is 0.225 e. The second-order valence-corrected chi connectivity index (χ2v) is 10.3. The lowest BCUT2D eigenvalue weighted by molar-refractivity contribution is -0.137. The Morgan fingerprint density at radius 2 is 1.70 bits per heavy atom. The Bertz CT molecular complexity index is 813. The molecule has 1 aromatic carbocycles. The van der Waals surface area contributed by atoms with E-state index in [2.05, 4.69) is 52.9 Å². The van der Waals surface area contributed by atoms with E-state index in [9.17, 15) is 4.79 Å². The van der Waals surface area contributed by atoms with E-state index in [1.54, 1.807) is 11.3 Å². The first-order valence-electron chi connectivity index (χ1n) is 11.7. The van der Waals surface area contributed by atoms with E-state index in [0.29, 0.717) is 11.8 Å². The number of carbonyl (C=O) groups excluding carboxylic acids is 1. The summed E-state index contributed by atoms with van der Waals surface area (Å²) in [4.78, 5) is 23.5. The molecule has 2 aliphatic rings.